The van der Waals surface area contributed by atoms with E-state index in [0.717, 1.165) is 12.1 Å². The van der Waals surface area contributed by atoms with Crippen LogP contribution < -0.4 is 5.32 Å². The highest BCUT2D eigenvalue weighted by atomic mass is 35.5. The molecule has 0 bridgehead atoms. The van der Waals surface area contributed by atoms with Gasteiger partial charge in [0, 0.05) is 23.5 Å². The fourth-order valence-electron chi connectivity index (χ4n) is 3.41. The molecule has 2 rings (SSSR count). The molecule has 1 fully saturated rings. The van der Waals surface area contributed by atoms with Gasteiger partial charge in [0.05, 0.1) is 0 Å². The van der Waals surface area contributed by atoms with E-state index in [2.05, 4.69) is 19.2 Å². The molecule has 1 nitrogen and oxygen atoms in total. The summed E-state index contributed by atoms with van der Waals surface area (Å²) in [7, 11) is 0. The van der Waals surface area contributed by atoms with Crippen molar-refractivity contribution in [2.24, 2.45) is 5.92 Å². The molecule has 0 radical (unpaired) electrons. The number of benzene rings is 1. The second-order valence-corrected chi connectivity index (χ2v) is 6.99. The normalized spacial score (nSPS) is 18.7. The Kier molecular flexibility index (Phi) is 6.50. The van der Waals surface area contributed by atoms with Gasteiger partial charge in [0.1, 0.15) is 5.82 Å². The minimum atomic E-state index is -0.250. The first kappa shape index (κ1) is 16.8. The van der Waals surface area contributed by atoms with Crippen LogP contribution in [0.3, 0.4) is 0 Å². The Bertz CT molecular complexity index is 439. The van der Waals surface area contributed by atoms with Gasteiger partial charge in [-0.1, -0.05) is 57.2 Å². The lowest BCUT2D eigenvalue weighted by molar-refractivity contribution is 0.353. The lowest BCUT2D eigenvalue weighted by Gasteiger charge is -2.28. The molecule has 0 spiro atoms. The summed E-state index contributed by atoms with van der Waals surface area (Å²) in [6.45, 7) is 5.25. The predicted molar refractivity (Wildman–Crippen MR) is 88.5 cm³/mol. The highest BCUT2D eigenvalue weighted by molar-refractivity contribution is 6.31. The SMILES string of the molecule is CC(C)NCC(c1ccc(F)cc1Cl)C1CCCCCC1. The molecule has 1 aromatic rings. The summed E-state index contributed by atoms with van der Waals surface area (Å²) >= 11 is 6.33. The van der Waals surface area contributed by atoms with E-state index in [1.54, 1.807) is 6.07 Å². The summed E-state index contributed by atoms with van der Waals surface area (Å²) in [4.78, 5) is 0. The van der Waals surface area contributed by atoms with Crippen LogP contribution in [0, 0.1) is 11.7 Å². The summed E-state index contributed by atoms with van der Waals surface area (Å²) in [5.74, 6) is 0.792. The fraction of sp³-hybridized carbons (Fsp3) is 0.667. The van der Waals surface area contributed by atoms with E-state index in [4.69, 9.17) is 11.6 Å². The maximum atomic E-state index is 13.3. The van der Waals surface area contributed by atoms with Crippen LogP contribution in [0.4, 0.5) is 4.39 Å². The third-order valence-electron chi connectivity index (χ3n) is 4.58. The van der Waals surface area contributed by atoms with Gasteiger partial charge in [-0.15, -0.1) is 0 Å². The van der Waals surface area contributed by atoms with Crippen LogP contribution in [-0.4, -0.2) is 12.6 Å². The Morgan fingerprint density at radius 3 is 2.43 bits per heavy atom. The molecule has 1 unspecified atom stereocenters. The third-order valence-corrected chi connectivity index (χ3v) is 4.90. The molecular weight excluding hydrogens is 285 g/mol. The maximum Gasteiger partial charge on any atom is 0.124 e. The van der Waals surface area contributed by atoms with Gasteiger partial charge in [-0.05, 0) is 36.5 Å². The summed E-state index contributed by atoms with van der Waals surface area (Å²) in [6, 6.07) is 5.34. The van der Waals surface area contributed by atoms with Gasteiger partial charge in [0.25, 0.3) is 0 Å². The van der Waals surface area contributed by atoms with Gasteiger partial charge < -0.3 is 5.32 Å². The van der Waals surface area contributed by atoms with Crippen LogP contribution in [0.5, 0.6) is 0 Å². The van der Waals surface area contributed by atoms with E-state index in [1.807, 2.05) is 6.07 Å². The van der Waals surface area contributed by atoms with E-state index in [1.165, 1.54) is 44.6 Å². The molecule has 1 atom stereocenters. The van der Waals surface area contributed by atoms with Gasteiger partial charge in [0.15, 0.2) is 0 Å². The molecule has 0 saturated heterocycles. The average molecular weight is 312 g/mol. The number of hydrogen-bond acceptors (Lipinski definition) is 1. The first-order valence-corrected chi connectivity index (χ1v) is 8.64. The first-order chi connectivity index (χ1) is 10.1. The second kappa shape index (κ2) is 8.14. The molecule has 118 valence electrons. The summed E-state index contributed by atoms with van der Waals surface area (Å²) < 4.78 is 13.3. The van der Waals surface area contributed by atoms with Crippen molar-refractivity contribution in [3.63, 3.8) is 0 Å². The molecule has 1 aliphatic carbocycles. The second-order valence-electron chi connectivity index (χ2n) is 6.59. The molecule has 0 heterocycles. The summed E-state index contributed by atoms with van der Waals surface area (Å²) in [6.07, 6.45) is 7.83. The molecule has 1 N–H and O–H groups in total. The first-order valence-electron chi connectivity index (χ1n) is 8.26. The highest BCUT2D eigenvalue weighted by Gasteiger charge is 2.26. The highest BCUT2D eigenvalue weighted by Crippen LogP contribution is 2.37. The quantitative estimate of drug-likeness (QED) is 0.705. The standard InChI is InChI=1S/C18H27ClFN/c1-13(2)21-12-17(14-7-5-3-4-6-8-14)16-10-9-15(20)11-18(16)19/h9-11,13-14,17,21H,3-8,12H2,1-2H3. The van der Waals surface area contributed by atoms with Crippen molar-refractivity contribution in [1.82, 2.24) is 5.32 Å². The lowest BCUT2D eigenvalue weighted by atomic mass is 9.81. The molecular formula is C18H27ClFN. The van der Waals surface area contributed by atoms with Gasteiger partial charge in [-0.2, -0.15) is 0 Å². The Balaban J connectivity index is 2.21. The number of nitrogens with one attached hydrogen (secondary N) is 1. The van der Waals surface area contributed by atoms with Crippen molar-refractivity contribution in [2.75, 3.05) is 6.54 Å². The van der Waals surface area contributed by atoms with Crippen LogP contribution in [0.15, 0.2) is 18.2 Å². The van der Waals surface area contributed by atoms with Crippen LogP contribution in [0.1, 0.15) is 63.9 Å². The molecule has 0 aromatic heterocycles. The van der Waals surface area contributed by atoms with E-state index >= 15 is 0 Å². The van der Waals surface area contributed by atoms with E-state index < -0.39 is 0 Å². The van der Waals surface area contributed by atoms with E-state index in [9.17, 15) is 4.39 Å². The maximum absolute atomic E-state index is 13.3. The van der Waals surface area contributed by atoms with Crippen LogP contribution >= 0.6 is 11.6 Å². The number of halogens is 2. The smallest absolute Gasteiger partial charge is 0.124 e. The van der Waals surface area contributed by atoms with Crippen LogP contribution in [-0.2, 0) is 0 Å². The zero-order chi connectivity index (χ0) is 15.2. The Morgan fingerprint density at radius 2 is 1.86 bits per heavy atom. The zero-order valence-electron chi connectivity index (χ0n) is 13.2. The largest absolute Gasteiger partial charge is 0.314 e. The summed E-state index contributed by atoms with van der Waals surface area (Å²) in [5, 5.41) is 4.13. The van der Waals surface area contributed by atoms with Crippen molar-refractivity contribution in [3.8, 4) is 0 Å². The molecule has 1 aliphatic rings. The van der Waals surface area contributed by atoms with Crippen molar-refractivity contribution >= 4 is 11.6 Å². The van der Waals surface area contributed by atoms with Gasteiger partial charge in [-0.25, -0.2) is 4.39 Å². The lowest BCUT2D eigenvalue weighted by Crippen LogP contribution is -2.31. The van der Waals surface area contributed by atoms with Gasteiger partial charge in [0.2, 0.25) is 0 Å². The molecule has 1 aromatic carbocycles. The van der Waals surface area contributed by atoms with E-state index in [-0.39, 0.29) is 5.82 Å². The van der Waals surface area contributed by atoms with Gasteiger partial charge >= 0.3 is 0 Å². The average Bonchev–Trinajstić information content (AvgIpc) is 2.70. The van der Waals surface area contributed by atoms with Gasteiger partial charge in [-0.3, -0.25) is 0 Å². The Hall–Kier alpha value is -0.600. The molecule has 21 heavy (non-hydrogen) atoms. The fourth-order valence-corrected chi connectivity index (χ4v) is 3.72. The molecule has 0 aliphatic heterocycles. The minimum absolute atomic E-state index is 0.250. The van der Waals surface area contributed by atoms with Crippen molar-refractivity contribution in [2.45, 2.75) is 64.3 Å². The monoisotopic (exact) mass is 311 g/mol. The topological polar surface area (TPSA) is 12.0 Å². The Labute approximate surface area is 133 Å². The van der Waals surface area contributed by atoms with Crippen molar-refractivity contribution in [3.05, 3.63) is 34.6 Å². The minimum Gasteiger partial charge on any atom is -0.314 e. The third kappa shape index (κ3) is 4.96. The van der Waals surface area contributed by atoms with E-state index in [0.29, 0.717) is 22.9 Å². The van der Waals surface area contributed by atoms with Crippen LogP contribution in [0.25, 0.3) is 0 Å². The molecule has 3 heteroatoms. The van der Waals surface area contributed by atoms with Crippen molar-refractivity contribution < 1.29 is 4.39 Å². The zero-order valence-corrected chi connectivity index (χ0v) is 13.9. The molecule has 1 saturated carbocycles. The Morgan fingerprint density at radius 1 is 1.19 bits per heavy atom. The number of rotatable bonds is 5. The predicted octanol–water partition coefficient (Wildman–Crippen LogP) is 5.53. The summed E-state index contributed by atoms with van der Waals surface area (Å²) in [5.41, 5.74) is 1.11. The van der Waals surface area contributed by atoms with Crippen LogP contribution in [0.2, 0.25) is 5.02 Å². The van der Waals surface area contributed by atoms with Crippen molar-refractivity contribution in [1.29, 1.82) is 0 Å². The molecule has 0 amide bonds. The number of hydrogen-bond donors (Lipinski definition) is 1.